The molecular weight excluding hydrogens is 564 g/mol. The van der Waals surface area contributed by atoms with Crippen LogP contribution in [0.3, 0.4) is 0 Å². The first-order valence-corrected chi connectivity index (χ1v) is 13.6. The summed E-state index contributed by atoms with van der Waals surface area (Å²) in [6.45, 7) is 7.98. The predicted molar refractivity (Wildman–Crippen MR) is 148 cm³/mol. The van der Waals surface area contributed by atoms with Crippen LogP contribution in [-0.4, -0.2) is 36.3 Å². The number of aryl methyl sites for hydroxylation is 1. The van der Waals surface area contributed by atoms with E-state index < -0.39 is 37.1 Å². The molecule has 0 aliphatic heterocycles. The van der Waals surface area contributed by atoms with Crippen molar-refractivity contribution >= 4 is 16.9 Å². The van der Waals surface area contributed by atoms with Gasteiger partial charge in [-0.1, -0.05) is 32.4 Å². The van der Waals surface area contributed by atoms with Gasteiger partial charge in [0.2, 0.25) is 0 Å². The Hall–Kier alpha value is -3.63. The highest BCUT2D eigenvalue weighted by molar-refractivity contribution is 5.89. The molecule has 3 aromatic rings. The van der Waals surface area contributed by atoms with Crippen LogP contribution < -0.4 is 9.47 Å². The normalized spacial score (nSPS) is 13.7. The van der Waals surface area contributed by atoms with Crippen molar-refractivity contribution in [1.82, 2.24) is 4.57 Å². The first kappa shape index (κ1) is 32.9. The standard InChI is InChI=1S/C31H35F6NO4/c1-6-8-9-10-21-11-14-24(27(15-21)42-31(35,36)37)26-16-22-12-13-23(17-25(22)38(26)20(3)4)40-18-29(5,30(32,33)34)19-41-28(39)7-2/h7,11-17,20H,2,6,8-10,18-19H2,1,3-5H3. The van der Waals surface area contributed by atoms with E-state index in [-0.39, 0.29) is 23.1 Å². The minimum absolute atomic E-state index is 0.109. The molecule has 0 saturated carbocycles. The zero-order valence-corrected chi connectivity index (χ0v) is 24.0. The summed E-state index contributed by atoms with van der Waals surface area (Å²) in [5.74, 6) is -1.21. The fraction of sp³-hybridized carbons (Fsp3) is 0.452. The van der Waals surface area contributed by atoms with Crippen LogP contribution in [0.15, 0.2) is 55.1 Å². The number of fused-ring (bicyclic) bond motifs is 1. The Kier molecular flexibility index (Phi) is 10.3. The molecule has 0 saturated heterocycles. The molecular formula is C31H35F6NO4. The number of esters is 1. The van der Waals surface area contributed by atoms with Crippen LogP contribution in [-0.2, 0) is 16.0 Å². The maximum absolute atomic E-state index is 13.9. The Balaban J connectivity index is 2.02. The summed E-state index contributed by atoms with van der Waals surface area (Å²) in [5, 5.41) is 0.648. The van der Waals surface area contributed by atoms with Gasteiger partial charge in [-0.15, -0.1) is 13.2 Å². The van der Waals surface area contributed by atoms with E-state index in [1.807, 2.05) is 20.8 Å². The Morgan fingerprint density at radius 2 is 1.71 bits per heavy atom. The fourth-order valence-corrected chi connectivity index (χ4v) is 4.51. The van der Waals surface area contributed by atoms with Crippen LogP contribution in [0.2, 0.25) is 0 Å². The molecule has 3 rings (SSSR count). The minimum atomic E-state index is -4.91. The molecule has 1 unspecified atom stereocenters. The summed E-state index contributed by atoms with van der Waals surface area (Å²) in [5.41, 5.74) is -0.551. The molecule has 230 valence electrons. The van der Waals surface area contributed by atoms with E-state index in [9.17, 15) is 31.1 Å². The lowest BCUT2D eigenvalue weighted by Crippen LogP contribution is -2.44. The second-order valence-corrected chi connectivity index (χ2v) is 10.7. The lowest BCUT2D eigenvalue weighted by molar-refractivity contribution is -0.274. The number of hydrogen-bond acceptors (Lipinski definition) is 4. The van der Waals surface area contributed by atoms with E-state index in [4.69, 9.17) is 4.74 Å². The molecule has 0 spiro atoms. The molecule has 1 heterocycles. The number of carbonyl (C=O) groups is 1. The van der Waals surface area contributed by atoms with Gasteiger partial charge in [0.1, 0.15) is 30.1 Å². The highest BCUT2D eigenvalue weighted by Gasteiger charge is 2.53. The van der Waals surface area contributed by atoms with Crippen molar-refractivity contribution in [2.24, 2.45) is 5.41 Å². The quantitative estimate of drug-likeness (QED) is 0.0851. The average molecular weight is 600 g/mol. The molecule has 0 N–H and O–H groups in total. The van der Waals surface area contributed by atoms with Crippen molar-refractivity contribution in [3.8, 4) is 22.8 Å². The highest BCUT2D eigenvalue weighted by Crippen LogP contribution is 2.42. The molecule has 0 fully saturated rings. The number of benzene rings is 2. The van der Waals surface area contributed by atoms with Gasteiger partial charge in [0.05, 0.1) is 11.2 Å². The molecule has 11 heteroatoms. The summed E-state index contributed by atoms with van der Waals surface area (Å²) in [6, 6.07) is 10.9. The number of rotatable bonds is 13. The molecule has 5 nitrogen and oxygen atoms in total. The van der Waals surface area contributed by atoms with Crippen molar-refractivity contribution in [3.63, 3.8) is 0 Å². The third-order valence-electron chi connectivity index (χ3n) is 6.89. The van der Waals surface area contributed by atoms with Crippen molar-refractivity contribution < 1.29 is 45.3 Å². The first-order chi connectivity index (χ1) is 19.6. The third kappa shape index (κ3) is 8.01. The average Bonchev–Trinajstić information content (AvgIpc) is 3.28. The van der Waals surface area contributed by atoms with Crippen molar-refractivity contribution in [3.05, 3.63) is 60.7 Å². The largest absolute Gasteiger partial charge is 0.573 e. The number of ether oxygens (including phenoxy) is 3. The molecule has 0 aliphatic rings. The van der Waals surface area contributed by atoms with E-state index >= 15 is 0 Å². The van der Waals surface area contributed by atoms with Crippen molar-refractivity contribution in [1.29, 1.82) is 0 Å². The summed E-state index contributed by atoms with van der Waals surface area (Å²) < 4.78 is 98.3. The topological polar surface area (TPSA) is 49.7 Å². The van der Waals surface area contributed by atoms with Crippen LogP contribution >= 0.6 is 0 Å². The molecule has 2 aromatic carbocycles. The molecule has 0 radical (unpaired) electrons. The van der Waals surface area contributed by atoms with E-state index in [0.717, 1.165) is 37.8 Å². The summed E-state index contributed by atoms with van der Waals surface area (Å²) in [6.07, 6.45) is -5.51. The van der Waals surface area contributed by atoms with E-state index in [1.165, 1.54) is 18.2 Å². The van der Waals surface area contributed by atoms with Gasteiger partial charge in [0.15, 0.2) is 0 Å². The van der Waals surface area contributed by atoms with Gasteiger partial charge in [-0.05, 0) is 69.5 Å². The molecule has 0 amide bonds. The lowest BCUT2D eigenvalue weighted by atomic mass is 9.92. The van der Waals surface area contributed by atoms with E-state index in [2.05, 4.69) is 16.1 Å². The number of unbranched alkanes of at least 4 members (excludes halogenated alkanes) is 2. The van der Waals surface area contributed by atoms with Crippen LogP contribution in [0.1, 0.15) is 58.6 Å². The fourth-order valence-electron chi connectivity index (χ4n) is 4.51. The number of hydrogen-bond donors (Lipinski definition) is 0. The monoisotopic (exact) mass is 599 g/mol. The zero-order chi connectivity index (χ0) is 31.3. The first-order valence-electron chi connectivity index (χ1n) is 13.6. The van der Waals surface area contributed by atoms with Crippen LogP contribution in [0.4, 0.5) is 26.3 Å². The van der Waals surface area contributed by atoms with Gasteiger partial charge in [-0.2, -0.15) is 13.2 Å². The SMILES string of the molecule is C=CC(=O)OCC(C)(COc1ccc2cc(-c3ccc(CCCCC)cc3OC(F)(F)F)n(C(C)C)c2c1)C(F)(F)F. The number of carbonyl (C=O) groups excluding carboxylic acids is 1. The highest BCUT2D eigenvalue weighted by atomic mass is 19.4. The van der Waals surface area contributed by atoms with Gasteiger partial charge in [-0.25, -0.2) is 4.79 Å². The van der Waals surface area contributed by atoms with Gasteiger partial charge in [-0.3, -0.25) is 0 Å². The summed E-state index contributed by atoms with van der Waals surface area (Å²) in [7, 11) is 0. The predicted octanol–water partition coefficient (Wildman–Crippen LogP) is 9.20. The molecule has 0 bridgehead atoms. The second kappa shape index (κ2) is 13.1. The molecule has 1 aromatic heterocycles. The van der Waals surface area contributed by atoms with Crippen molar-refractivity contribution in [2.45, 2.75) is 72.0 Å². The Morgan fingerprint density at radius 1 is 1.00 bits per heavy atom. The van der Waals surface area contributed by atoms with Crippen molar-refractivity contribution in [2.75, 3.05) is 13.2 Å². The molecule has 0 aliphatic carbocycles. The summed E-state index contributed by atoms with van der Waals surface area (Å²) >= 11 is 0. The Labute approximate surface area is 241 Å². The number of halogens is 6. The van der Waals surface area contributed by atoms with Gasteiger partial charge < -0.3 is 18.8 Å². The van der Waals surface area contributed by atoms with E-state index in [1.54, 1.807) is 28.8 Å². The number of aromatic nitrogens is 1. The Bertz CT molecular complexity index is 1390. The van der Waals surface area contributed by atoms with Gasteiger partial charge in [0.25, 0.3) is 0 Å². The Morgan fingerprint density at radius 3 is 2.31 bits per heavy atom. The van der Waals surface area contributed by atoms with Crippen LogP contribution in [0.25, 0.3) is 22.2 Å². The molecule has 42 heavy (non-hydrogen) atoms. The van der Waals surface area contributed by atoms with Crippen LogP contribution in [0, 0.1) is 5.41 Å². The smallest absolute Gasteiger partial charge is 0.492 e. The number of nitrogens with zero attached hydrogens (tertiary/aromatic N) is 1. The second-order valence-electron chi connectivity index (χ2n) is 10.7. The van der Waals surface area contributed by atoms with E-state index in [0.29, 0.717) is 23.0 Å². The maximum atomic E-state index is 13.9. The maximum Gasteiger partial charge on any atom is 0.573 e. The number of alkyl halides is 6. The molecule has 1 atom stereocenters. The van der Waals surface area contributed by atoms with Gasteiger partial charge in [0, 0.05) is 29.1 Å². The zero-order valence-electron chi connectivity index (χ0n) is 24.0. The van der Waals surface area contributed by atoms with Crippen LogP contribution in [0.5, 0.6) is 11.5 Å². The summed E-state index contributed by atoms with van der Waals surface area (Å²) in [4.78, 5) is 11.4. The lowest BCUT2D eigenvalue weighted by Gasteiger charge is -2.31. The van der Waals surface area contributed by atoms with Gasteiger partial charge >= 0.3 is 18.5 Å². The third-order valence-corrected chi connectivity index (χ3v) is 6.89. The minimum Gasteiger partial charge on any atom is -0.492 e.